The van der Waals surface area contributed by atoms with Crippen molar-refractivity contribution in [3.05, 3.63) is 54.0 Å². The van der Waals surface area contributed by atoms with Crippen LogP contribution in [0.4, 0.5) is 4.39 Å². The van der Waals surface area contributed by atoms with Crippen molar-refractivity contribution in [1.82, 2.24) is 14.6 Å². The molecule has 0 unspecified atom stereocenters. The largest absolute Gasteiger partial charge is 0.351 e. The predicted octanol–water partition coefficient (Wildman–Crippen LogP) is 3.86. The summed E-state index contributed by atoms with van der Waals surface area (Å²) >= 11 is 1.37. The van der Waals surface area contributed by atoms with Crippen LogP contribution in [0.25, 0.3) is 21.2 Å². The minimum Gasteiger partial charge on any atom is -0.351 e. The molecule has 3 saturated heterocycles. The molecule has 0 aliphatic carbocycles. The molecule has 6 rings (SSSR count). The van der Waals surface area contributed by atoms with E-state index in [-0.39, 0.29) is 17.8 Å². The van der Waals surface area contributed by atoms with E-state index in [9.17, 15) is 9.18 Å². The van der Waals surface area contributed by atoms with Gasteiger partial charge in [-0.05, 0) is 61.1 Å². The second kappa shape index (κ2) is 7.26. The molecule has 6 heteroatoms. The summed E-state index contributed by atoms with van der Waals surface area (Å²) in [5, 5.41) is 4.21. The second-order valence-corrected chi connectivity index (χ2v) is 8.61. The van der Waals surface area contributed by atoms with Gasteiger partial charge in [-0.25, -0.2) is 4.39 Å². The normalized spacial score (nSPS) is 23.8. The maximum absolute atomic E-state index is 14.1. The average Bonchev–Trinajstić information content (AvgIpc) is 3.11. The molecule has 2 aromatic carbocycles. The molecule has 1 N–H and O–H groups in total. The zero-order valence-electron chi connectivity index (χ0n) is 15.5. The molecule has 2 bridgehead atoms. The fraction of sp³-hybridized carbons (Fsp3) is 0.364. The van der Waals surface area contributed by atoms with E-state index in [2.05, 4.69) is 14.6 Å². The summed E-state index contributed by atoms with van der Waals surface area (Å²) in [5.74, 6) is 0.428. The van der Waals surface area contributed by atoms with E-state index >= 15 is 0 Å². The first-order valence-electron chi connectivity index (χ1n) is 9.82. The zero-order chi connectivity index (χ0) is 19.1. The number of nitrogens with one attached hydrogen (secondary N) is 1. The van der Waals surface area contributed by atoms with Crippen LogP contribution in [-0.2, 0) is 11.2 Å². The van der Waals surface area contributed by atoms with E-state index < -0.39 is 0 Å². The van der Waals surface area contributed by atoms with Gasteiger partial charge in [0, 0.05) is 23.5 Å². The van der Waals surface area contributed by atoms with E-state index in [1.165, 1.54) is 30.4 Å². The quantitative estimate of drug-likeness (QED) is 0.730. The molecule has 1 atom stereocenters. The maximum atomic E-state index is 14.1. The van der Waals surface area contributed by atoms with Crippen LogP contribution in [-0.4, -0.2) is 40.9 Å². The highest BCUT2D eigenvalue weighted by Crippen LogP contribution is 2.31. The van der Waals surface area contributed by atoms with Crippen molar-refractivity contribution in [2.75, 3.05) is 19.6 Å². The van der Waals surface area contributed by atoms with Crippen LogP contribution in [0.3, 0.4) is 0 Å². The van der Waals surface area contributed by atoms with Gasteiger partial charge in [-0.15, -0.1) is 0 Å². The summed E-state index contributed by atoms with van der Waals surface area (Å²) in [7, 11) is 0. The number of nitrogens with zero attached hydrogens (tertiary/aromatic N) is 2. The van der Waals surface area contributed by atoms with Crippen molar-refractivity contribution in [1.29, 1.82) is 0 Å². The number of carbonyl (C=O) groups excluding carboxylic acids is 1. The van der Waals surface area contributed by atoms with Gasteiger partial charge in [0.2, 0.25) is 5.91 Å². The summed E-state index contributed by atoms with van der Waals surface area (Å²) in [5.41, 5.74) is 2.22. The molecular formula is C22H22FN3OS. The van der Waals surface area contributed by atoms with Crippen molar-refractivity contribution in [2.24, 2.45) is 5.92 Å². The zero-order valence-corrected chi connectivity index (χ0v) is 16.3. The molecule has 1 amide bonds. The molecule has 28 heavy (non-hydrogen) atoms. The van der Waals surface area contributed by atoms with E-state index in [1.807, 2.05) is 24.3 Å². The van der Waals surface area contributed by atoms with Crippen molar-refractivity contribution < 1.29 is 9.18 Å². The topological polar surface area (TPSA) is 45.2 Å². The molecule has 4 nitrogen and oxygen atoms in total. The van der Waals surface area contributed by atoms with Crippen LogP contribution in [0.15, 0.2) is 42.5 Å². The SMILES string of the molecule is O=C(Cc1nsc2cc(-c3ccccc3F)ccc12)N[C@H]1CN2CCC1CC2. The van der Waals surface area contributed by atoms with Gasteiger partial charge in [-0.2, -0.15) is 4.37 Å². The van der Waals surface area contributed by atoms with Gasteiger partial charge in [-0.1, -0.05) is 30.3 Å². The van der Waals surface area contributed by atoms with Crippen molar-refractivity contribution >= 4 is 27.5 Å². The first kappa shape index (κ1) is 17.8. The van der Waals surface area contributed by atoms with Gasteiger partial charge in [0.25, 0.3) is 0 Å². The van der Waals surface area contributed by atoms with Crippen LogP contribution in [0.1, 0.15) is 18.5 Å². The highest BCUT2D eigenvalue weighted by atomic mass is 32.1. The number of benzene rings is 2. The van der Waals surface area contributed by atoms with E-state index in [0.717, 1.165) is 41.0 Å². The molecule has 1 aromatic heterocycles. The Balaban J connectivity index is 1.32. The smallest absolute Gasteiger partial charge is 0.226 e. The molecule has 3 fully saturated rings. The van der Waals surface area contributed by atoms with Crippen molar-refractivity contribution in [3.63, 3.8) is 0 Å². The standard InChI is InChI=1S/C22H22FN3OS/c23-18-4-2-1-3-16(18)15-5-6-17-19(25-28-21(17)11-15)12-22(27)24-20-13-26-9-7-14(20)8-10-26/h1-6,11,14,20H,7-10,12-13H2,(H,24,27)/t20-/m0/s1. The average molecular weight is 396 g/mol. The molecule has 3 aliphatic heterocycles. The van der Waals surface area contributed by atoms with Crippen molar-refractivity contribution in [3.8, 4) is 11.1 Å². The Bertz CT molecular complexity index is 1030. The number of piperidine rings is 3. The number of aromatic nitrogens is 1. The van der Waals surface area contributed by atoms with Crippen LogP contribution in [0.5, 0.6) is 0 Å². The second-order valence-electron chi connectivity index (χ2n) is 7.81. The number of halogens is 1. The summed E-state index contributed by atoms with van der Waals surface area (Å²) in [4.78, 5) is 15.1. The molecule has 0 saturated carbocycles. The first-order chi connectivity index (χ1) is 13.7. The van der Waals surface area contributed by atoms with E-state index in [1.54, 1.807) is 12.1 Å². The summed E-state index contributed by atoms with van der Waals surface area (Å²) in [6, 6.07) is 12.9. The Morgan fingerprint density at radius 1 is 1.21 bits per heavy atom. The van der Waals surface area contributed by atoms with E-state index in [4.69, 9.17) is 0 Å². The third kappa shape index (κ3) is 3.31. The Morgan fingerprint density at radius 2 is 2.04 bits per heavy atom. The number of rotatable bonds is 4. The van der Waals surface area contributed by atoms with Gasteiger partial charge in [-0.3, -0.25) is 4.79 Å². The number of hydrogen-bond acceptors (Lipinski definition) is 4. The number of hydrogen-bond donors (Lipinski definition) is 1. The Hall–Kier alpha value is -2.31. The molecule has 3 aliphatic rings. The lowest BCUT2D eigenvalue weighted by molar-refractivity contribution is -0.122. The molecule has 0 radical (unpaired) electrons. The lowest BCUT2D eigenvalue weighted by atomic mass is 9.84. The minimum atomic E-state index is -0.233. The molecule has 144 valence electrons. The van der Waals surface area contributed by atoms with Gasteiger partial charge in [0.05, 0.1) is 16.8 Å². The Morgan fingerprint density at radius 3 is 2.79 bits per heavy atom. The number of carbonyl (C=O) groups is 1. The Labute approximate surface area is 167 Å². The lowest BCUT2D eigenvalue weighted by Gasteiger charge is -2.44. The minimum absolute atomic E-state index is 0.0455. The number of amides is 1. The first-order valence-corrected chi connectivity index (χ1v) is 10.6. The highest BCUT2D eigenvalue weighted by molar-refractivity contribution is 7.13. The van der Waals surface area contributed by atoms with Crippen molar-refractivity contribution in [2.45, 2.75) is 25.3 Å². The van der Waals surface area contributed by atoms with Crippen LogP contribution < -0.4 is 5.32 Å². The highest BCUT2D eigenvalue weighted by Gasteiger charge is 2.34. The summed E-state index contributed by atoms with van der Waals surface area (Å²) < 4.78 is 19.6. The number of fused-ring (bicyclic) bond motifs is 4. The predicted molar refractivity (Wildman–Crippen MR) is 110 cm³/mol. The summed E-state index contributed by atoms with van der Waals surface area (Å²) in [6.07, 6.45) is 2.66. The maximum Gasteiger partial charge on any atom is 0.226 e. The summed E-state index contributed by atoms with van der Waals surface area (Å²) in [6.45, 7) is 3.30. The molecule has 4 heterocycles. The van der Waals surface area contributed by atoms with Crippen LogP contribution in [0, 0.1) is 11.7 Å². The van der Waals surface area contributed by atoms with Gasteiger partial charge in [0.1, 0.15) is 5.82 Å². The molecular weight excluding hydrogens is 373 g/mol. The monoisotopic (exact) mass is 395 g/mol. The Kier molecular flexibility index (Phi) is 4.61. The lowest BCUT2D eigenvalue weighted by Crippen LogP contribution is -2.57. The third-order valence-corrected chi connectivity index (χ3v) is 6.91. The fourth-order valence-electron chi connectivity index (χ4n) is 4.52. The van der Waals surface area contributed by atoms with Gasteiger partial charge >= 0.3 is 0 Å². The van der Waals surface area contributed by atoms with Crippen LogP contribution in [0.2, 0.25) is 0 Å². The fourth-order valence-corrected chi connectivity index (χ4v) is 5.35. The van der Waals surface area contributed by atoms with E-state index in [0.29, 0.717) is 17.9 Å². The van der Waals surface area contributed by atoms with Gasteiger partial charge in [0.15, 0.2) is 0 Å². The molecule has 3 aromatic rings. The molecule has 0 spiro atoms. The third-order valence-electron chi connectivity index (χ3n) is 6.06. The van der Waals surface area contributed by atoms with Crippen LogP contribution >= 0.6 is 11.5 Å². The van der Waals surface area contributed by atoms with Gasteiger partial charge < -0.3 is 10.2 Å².